The molecule has 0 aromatic heterocycles. The second kappa shape index (κ2) is 6.62. The second-order valence-corrected chi connectivity index (χ2v) is 4.67. The number of rotatable bonds is 4. The van der Waals surface area contributed by atoms with Gasteiger partial charge >= 0.3 is 6.18 Å². The van der Waals surface area contributed by atoms with Crippen LogP contribution in [0.25, 0.3) is 0 Å². The molecular weight excluding hydrogens is 295 g/mol. The topological polar surface area (TPSA) is 38.3 Å². The standard InChI is InChI=1S/C16H14F3NO2/c1-22-10-11-4-2-5-12(8-11)15(21)20-14-7-3-6-13(9-14)16(17,18)19/h2-9H,10H2,1H3,(H,20,21). The number of carbonyl (C=O) groups is 1. The highest BCUT2D eigenvalue weighted by molar-refractivity contribution is 6.04. The van der Waals surface area contributed by atoms with Crippen molar-refractivity contribution in [1.82, 2.24) is 0 Å². The van der Waals surface area contributed by atoms with E-state index in [1.165, 1.54) is 19.2 Å². The van der Waals surface area contributed by atoms with Gasteiger partial charge in [-0.2, -0.15) is 13.2 Å². The highest BCUT2D eigenvalue weighted by atomic mass is 19.4. The summed E-state index contributed by atoms with van der Waals surface area (Å²) in [5.41, 5.74) is 0.446. The van der Waals surface area contributed by atoms with Gasteiger partial charge in [0.1, 0.15) is 0 Å². The molecule has 0 bridgehead atoms. The van der Waals surface area contributed by atoms with Crippen molar-refractivity contribution in [2.24, 2.45) is 0 Å². The Morgan fingerprint density at radius 2 is 1.86 bits per heavy atom. The number of nitrogens with one attached hydrogen (secondary N) is 1. The van der Waals surface area contributed by atoms with E-state index >= 15 is 0 Å². The van der Waals surface area contributed by atoms with Crippen LogP contribution in [0.3, 0.4) is 0 Å². The Hall–Kier alpha value is -2.34. The van der Waals surface area contributed by atoms with Crippen molar-refractivity contribution in [2.45, 2.75) is 12.8 Å². The average Bonchev–Trinajstić information content (AvgIpc) is 2.47. The van der Waals surface area contributed by atoms with Crippen molar-refractivity contribution in [3.05, 3.63) is 65.2 Å². The van der Waals surface area contributed by atoms with Crippen molar-refractivity contribution < 1.29 is 22.7 Å². The number of methoxy groups -OCH3 is 1. The van der Waals surface area contributed by atoms with Gasteiger partial charge < -0.3 is 10.1 Å². The monoisotopic (exact) mass is 309 g/mol. The Morgan fingerprint density at radius 1 is 1.14 bits per heavy atom. The molecule has 1 N–H and O–H groups in total. The largest absolute Gasteiger partial charge is 0.416 e. The average molecular weight is 309 g/mol. The zero-order valence-corrected chi connectivity index (χ0v) is 11.8. The van der Waals surface area contributed by atoms with Crippen molar-refractivity contribution in [2.75, 3.05) is 12.4 Å². The molecule has 0 aliphatic rings. The van der Waals surface area contributed by atoms with Crippen molar-refractivity contribution in [3.8, 4) is 0 Å². The van der Waals surface area contributed by atoms with Crippen LogP contribution in [-0.4, -0.2) is 13.0 Å². The number of carbonyl (C=O) groups excluding carboxylic acids is 1. The van der Waals surface area contributed by atoms with Crippen LogP contribution in [0.2, 0.25) is 0 Å². The van der Waals surface area contributed by atoms with Crippen LogP contribution in [0.5, 0.6) is 0 Å². The summed E-state index contributed by atoms with van der Waals surface area (Å²) in [6, 6.07) is 11.2. The number of anilines is 1. The molecule has 22 heavy (non-hydrogen) atoms. The molecule has 0 aliphatic carbocycles. The fraction of sp³-hybridized carbons (Fsp3) is 0.188. The lowest BCUT2D eigenvalue weighted by Gasteiger charge is -2.10. The molecule has 0 fully saturated rings. The summed E-state index contributed by atoms with van der Waals surface area (Å²) in [6.45, 7) is 0.352. The fourth-order valence-corrected chi connectivity index (χ4v) is 1.95. The zero-order valence-electron chi connectivity index (χ0n) is 11.8. The summed E-state index contributed by atoms with van der Waals surface area (Å²) in [7, 11) is 1.54. The van der Waals surface area contributed by atoms with Crippen molar-refractivity contribution in [3.63, 3.8) is 0 Å². The van der Waals surface area contributed by atoms with Crippen LogP contribution in [0.4, 0.5) is 18.9 Å². The molecule has 2 aromatic carbocycles. The van der Waals surface area contributed by atoms with Gasteiger partial charge in [0.05, 0.1) is 12.2 Å². The first-order chi connectivity index (χ1) is 10.4. The predicted molar refractivity (Wildman–Crippen MR) is 76.6 cm³/mol. The number of hydrogen-bond donors (Lipinski definition) is 1. The number of amides is 1. The van der Waals surface area contributed by atoms with Crippen LogP contribution < -0.4 is 5.32 Å². The summed E-state index contributed by atoms with van der Waals surface area (Å²) in [5, 5.41) is 2.46. The SMILES string of the molecule is COCc1cccc(C(=O)Nc2cccc(C(F)(F)F)c2)c1. The van der Waals surface area contributed by atoms with Gasteiger partial charge in [-0.3, -0.25) is 4.79 Å². The summed E-state index contributed by atoms with van der Waals surface area (Å²) >= 11 is 0. The van der Waals surface area contributed by atoms with Gasteiger partial charge in [0.15, 0.2) is 0 Å². The van der Waals surface area contributed by atoms with E-state index in [0.29, 0.717) is 12.2 Å². The van der Waals surface area contributed by atoms with E-state index in [4.69, 9.17) is 4.74 Å². The molecule has 0 atom stereocenters. The van der Waals surface area contributed by atoms with Crippen molar-refractivity contribution in [1.29, 1.82) is 0 Å². The van der Waals surface area contributed by atoms with Gasteiger partial charge in [-0.05, 0) is 35.9 Å². The summed E-state index contributed by atoms with van der Waals surface area (Å²) in [6.07, 6.45) is -4.45. The third kappa shape index (κ3) is 4.08. The number of alkyl halides is 3. The first-order valence-electron chi connectivity index (χ1n) is 6.46. The minimum absolute atomic E-state index is 0.0944. The molecule has 0 saturated heterocycles. The predicted octanol–water partition coefficient (Wildman–Crippen LogP) is 4.10. The number of hydrogen-bond acceptors (Lipinski definition) is 2. The number of ether oxygens (including phenoxy) is 1. The lowest BCUT2D eigenvalue weighted by molar-refractivity contribution is -0.137. The third-order valence-corrected chi connectivity index (χ3v) is 2.95. The highest BCUT2D eigenvalue weighted by Gasteiger charge is 2.30. The molecule has 3 nitrogen and oxygen atoms in total. The van der Waals surface area contributed by atoms with Gasteiger partial charge in [0.2, 0.25) is 0 Å². The highest BCUT2D eigenvalue weighted by Crippen LogP contribution is 2.30. The van der Waals surface area contributed by atoms with Crippen LogP contribution in [0.15, 0.2) is 48.5 Å². The fourth-order valence-electron chi connectivity index (χ4n) is 1.95. The first-order valence-corrected chi connectivity index (χ1v) is 6.46. The summed E-state index contributed by atoms with van der Waals surface area (Å²) in [5.74, 6) is -0.475. The van der Waals surface area contributed by atoms with Crippen LogP contribution in [0, 0.1) is 0 Å². The lowest BCUT2D eigenvalue weighted by Crippen LogP contribution is -2.13. The first kappa shape index (κ1) is 16.0. The minimum atomic E-state index is -4.45. The molecule has 0 heterocycles. The molecule has 2 aromatic rings. The molecular formula is C16H14F3NO2. The van der Waals surface area contributed by atoms with E-state index in [1.54, 1.807) is 24.3 Å². The Balaban J connectivity index is 2.17. The van der Waals surface area contributed by atoms with Crippen LogP contribution >= 0.6 is 0 Å². The maximum atomic E-state index is 12.6. The Bertz CT molecular complexity index is 668. The van der Waals surface area contributed by atoms with Crippen molar-refractivity contribution >= 4 is 11.6 Å². The molecule has 2 rings (SSSR count). The Morgan fingerprint density at radius 3 is 2.55 bits per heavy atom. The van der Waals surface area contributed by atoms with E-state index in [-0.39, 0.29) is 5.69 Å². The van der Waals surface area contributed by atoms with Crippen LogP contribution in [0.1, 0.15) is 21.5 Å². The van der Waals surface area contributed by atoms with Gasteiger partial charge in [-0.25, -0.2) is 0 Å². The van der Waals surface area contributed by atoms with E-state index in [2.05, 4.69) is 5.32 Å². The lowest BCUT2D eigenvalue weighted by atomic mass is 10.1. The zero-order chi connectivity index (χ0) is 16.2. The Kier molecular flexibility index (Phi) is 4.82. The van der Waals surface area contributed by atoms with E-state index in [1.807, 2.05) is 0 Å². The normalized spacial score (nSPS) is 11.3. The molecule has 116 valence electrons. The van der Waals surface area contributed by atoms with E-state index < -0.39 is 17.6 Å². The molecule has 6 heteroatoms. The van der Waals surface area contributed by atoms with Gasteiger partial charge in [0, 0.05) is 18.4 Å². The molecule has 0 aliphatic heterocycles. The third-order valence-electron chi connectivity index (χ3n) is 2.95. The van der Waals surface area contributed by atoms with Gasteiger partial charge in [0.25, 0.3) is 5.91 Å². The maximum absolute atomic E-state index is 12.6. The van der Waals surface area contributed by atoms with Gasteiger partial charge in [-0.15, -0.1) is 0 Å². The molecule has 0 saturated carbocycles. The number of benzene rings is 2. The maximum Gasteiger partial charge on any atom is 0.416 e. The summed E-state index contributed by atoms with van der Waals surface area (Å²) in [4.78, 5) is 12.1. The Labute approximate surface area is 125 Å². The van der Waals surface area contributed by atoms with E-state index in [0.717, 1.165) is 17.7 Å². The smallest absolute Gasteiger partial charge is 0.380 e. The molecule has 0 unspecified atom stereocenters. The molecule has 1 amide bonds. The van der Waals surface area contributed by atoms with E-state index in [9.17, 15) is 18.0 Å². The van der Waals surface area contributed by atoms with Crippen LogP contribution in [-0.2, 0) is 17.5 Å². The number of halogens is 3. The molecule has 0 radical (unpaired) electrons. The second-order valence-electron chi connectivity index (χ2n) is 4.67. The summed E-state index contributed by atoms with van der Waals surface area (Å²) < 4.78 is 42.9. The molecule has 0 spiro atoms. The van der Waals surface area contributed by atoms with Gasteiger partial charge in [-0.1, -0.05) is 18.2 Å². The quantitative estimate of drug-likeness (QED) is 0.923. The minimum Gasteiger partial charge on any atom is -0.380 e.